The van der Waals surface area contributed by atoms with Gasteiger partial charge in [0.1, 0.15) is 0 Å². The number of aliphatic hydroxyl groups excluding tert-OH is 1. The number of aromatic amines is 1. The fourth-order valence-corrected chi connectivity index (χ4v) is 3.12. The summed E-state index contributed by atoms with van der Waals surface area (Å²) in [4.78, 5) is 14.1. The molecule has 0 saturated carbocycles. The molecule has 0 bridgehead atoms. The van der Waals surface area contributed by atoms with Gasteiger partial charge in [0.05, 0.1) is 18.2 Å². The lowest BCUT2D eigenvalue weighted by Gasteiger charge is -2.16. The molecule has 2 aromatic rings. The zero-order valence-electron chi connectivity index (χ0n) is 13.0. The van der Waals surface area contributed by atoms with E-state index in [-0.39, 0.29) is 11.8 Å². The van der Waals surface area contributed by atoms with Crippen LogP contribution in [0.1, 0.15) is 17.0 Å². The van der Waals surface area contributed by atoms with E-state index in [1.807, 2.05) is 25.1 Å². The first-order valence-electron chi connectivity index (χ1n) is 7.72. The number of aliphatic hydroxyl groups is 1. The van der Waals surface area contributed by atoms with Crippen LogP contribution in [0.2, 0.25) is 5.02 Å². The number of hydrogen-bond donors (Lipinski definition) is 2. The molecule has 1 amide bonds. The first kappa shape index (κ1) is 16.0. The Morgan fingerprint density at radius 1 is 1.39 bits per heavy atom. The molecular formula is C17H20ClN3O2. The normalized spacial score (nSPS) is 20.9. The van der Waals surface area contributed by atoms with E-state index in [1.165, 1.54) is 0 Å². The molecule has 2 N–H and O–H groups in total. The fourth-order valence-electron chi connectivity index (χ4n) is 2.99. The van der Waals surface area contributed by atoms with Gasteiger partial charge in [-0.1, -0.05) is 23.7 Å². The van der Waals surface area contributed by atoms with E-state index >= 15 is 0 Å². The third kappa shape index (κ3) is 3.92. The standard InChI is InChI=1S/C17H20ClN3O2/c1-11-6-15(20-19-11)8-13-9-21(10-16(13)22)17(23)7-12-2-4-14(18)5-3-12/h2-6,13,16,22H,7-10H2,1H3,(H,19,20)/t13-,16-/m1/s1. The van der Waals surface area contributed by atoms with E-state index in [1.54, 1.807) is 17.0 Å². The van der Waals surface area contributed by atoms with Crippen molar-refractivity contribution in [1.82, 2.24) is 15.1 Å². The van der Waals surface area contributed by atoms with Crippen molar-refractivity contribution in [3.63, 3.8) is 0 Å². The number of amides is 1. The largest absolute Gasteiger partial charge is 0.391 e. The summed E-state index contributed by atoms with van der Waals surface area (Å²) < 4.78 is 0. The highest BCUT2D eigenvalue weighted by Crippen LogP contribution is 2.22. The highest BCUT2D eigenvalue weighted by Gasteiger charge is 2.34. The van der Waals surface area contributed by atoms with Crippen molar-refractivity contribution < 1.29 is 9.90 Å². The Labute approximate surface area is 140 Å². The number of likely N-dealkylation sites (tertiary alicyclic amines) is 1. The van der Waals surface area contributed by atoms with Gasteiger partial charge in [-0.2, -0.15) is 5.10 Å². The lowest BCUT2D eigenvalue weighted by atomic mass is 10.0. The van der Waals surface area contributed by atoms with Gasteiger partial charge in [0.2, 0.25) is 5.91 Å². The lowest BCUT2D eigenvalue weighted by Crippen LogP contribution is -2.31. The maximum absolute atomic E-state index is 12.4. The maximum Gasteiger partial charge on any atom is 0.227 e. The number of carbonyl (C=O) groups is 1. The van der Waals surface area contributed by atoms with E-state index in [0.717, 1.165) is 17.0 Å². The third-order valence-corrected chi connectivity index (χ3v) is 4.51. The molecule has 0 unspecified atom stereocenters. The summed E-state index contributed by atoms with van der Waals surface area (Å²) in [5.74, 6) is 0.0685. The quantitative estimate of drug-likeness (QED) is 0.899. The van der Waals surface area contributed by atoms with Crippen LogP contribution in [0.4, 0.5) is 0 Å². The number of benzene rings is 1. The number of nitrogens with zero attached hydrogens (tertiary/aromatic N) is 2. The van der Waals surface area contributed by atoms with E-state index in [9.17, 15) is 9.90 Å². The second-order valence-corrected chi connectivity index (χ2v) is 6.61. The van der Waals surface area contributed by atoms with E-state index in [2.05, 4.69) is 10.2 Å². The number of hydrogen-bond acceptors (Lipinski definition) is 3. The summed E-state index contributed by atoms with van der Waals surface area (Å²) in [5, 5.41) is 18.0. The minimum absolute atomic E-state index is 0.0341. The van der Waals surface area contributed by atoms with Gasteiger partial charge in [-0.05, 0) is 37.1 Å². The molecule has 3 rings (SSSR count). The van der Waals surface area contributed by atoms with E-state index in [4.69, 9.17) is 11.6 Å². The first-order valence-corrected chi connectivity index (χ1v) is 8.10. The molecule has 122 valence electrons. The number of halogens is 1. The van der Waals surface area contributed by atoms with Crippen LogP contribution in [0.25, 0.3) is 0 Å². The Kier molecular flexibility index (Phi) is 4.68. The van der Waals surface area contributed by atoms with Crippen molar-refractivity contribution in [2.45, 2.75) is 25.9 Å². The van der Waals surface area contributed by atoms with E-state index in [0.29, 0.717) is 31.0 Å². The maximum atomic E-state index is 12.4. The molecular weight excluding hydrogens is 314 g/mol. The Morgan fingerprint density at radius 3 is 2.78 bits per heavy atom. The average Bonchev–Trinajstić information content (AvgIpc) is 3.08. The van der Waals surface area contributed by atoms with Gasteiger partial charge in [-0.15, -0.1) is 0 Å². The first-order chi connectivity index (χ1) is 11.0. The number of rotatable bonds is 4. The van der Waals surface area contributed by atoms with Crippen LogP contribution >= 0.6 is 11.6 Å². The number of aryl methyl sites for hydroxylation is 1. The molecule has 1 saturated heterocycles. The summed E-state index contributed by atoms with van der Waals surface area (Å²) in [5.41, 5.74) is 2.86. The van der Waals surface area contributed by atoms with Crippen LogP contribution in [-0.2, 0) is 17.6 Å². The number of carbonyl (C=O) groups excluding carboxylic acids is 1. The molecule has 2 heterocycles. The Hall–Kier alpha value is -1.85. The van der Waals surface area contributed by atoms with Crippen molar-refractivity contribution >= 4 is 17.5 Å². The zero-order chi connectivity index (χ0) is 16.4. The Bertz CT molecular complexity index is 683. The van der Waals surface area contributed by atoms with Gasteiger partial charge in [0, 0.05) is 29.7 Å². The van der Waals surface area contributed by atoms with Crippen molar-refractivity contribution in [2.75, 3.05) is 13.1 Å². The lowest BCUT2D eigenvalue weighted by molar-refractivity contribution is -0.129. The molecule has 1 aliphatic heterocycles. The van der Waals surface area contributed by atoms with E-state index < -0.39 is 6.10 Å². The molecule has 0 radical (unpaired) electrons. The minimum Gasteiger partial charge on any atom is -0.391 e. The summed E-state index contributed by atoms with van der Waals surface area (Å²) in [6.07, 6.45) is 0.509. The SMILES string of the molecule is Cc1cc(C[C@@H]2CN(C(=O)Cc3ccc(Cl)cc3)C[C@H]2O)n[nH]1. The number of H-pyrrole nitrogens is 1. The highest BCUT2D eigenvalue weighted by atomic mass is 35.5. The zero-order valence-corrected chi connectivity index (χ0v) is 13.8. The number of β-amino-alcohol motifs (C(OH)–C–C–N with tert-alkyl or cyclic N) is 1. The van der Waals surface area contributed by atoms with Crippen molar-refractivity contribution in [3.8, 4) is 0 Å². The monoisotopic (exact) mass is 333 g/mol. The van der Waals surface area contributed by atoms with Gasteiger partial charge >= 0.3 is 0 Å². The van der Waals surface area contributed by atoms with Crippen molar-refractivity contribution in [2.24, 2.45) is 5.92 Å². The van der Waals surface area contributed by atoms with Crippen LogP contribution in [0.3, 0.4) is 0 Å². The molecule has 2 atom stereocenters. The summed E-state index contributed by atoms with van der Waals surface area (Å²) in [7, 11) is 0. The van der Waals surface area contributed by atoms with Gasteiger partial charge in [-0.25, -0.2) is 0 Å². The molecule has 1 aromatic carbocycles. The molecule has 0 spiro atoms. The third-order valence-electron chi connectivity index (χ3n) is 4.26. The molecule has 0 aliphatic carbocycles. The second kappa shape index (κ2) is 6.72. The summed E-state index contributed by atoms with van der Waals surface area (Å²) in [6, 6.07) is 9.26. The van der Waals surface area contributed by atoms with Crippen LogP contribution in [0, 0.1) is 12.8 Å². The number of nitrogens with one attached hydrogen (secondary N) is 1. The van der Waals surface area contributed by atoms with Crippen LogP contribution in [-0.4, -0.2) is 45.3 Å². The van der Waals surface area contributed by atoms with Gasteiger partial charge in [0.15, 0.2) is 0 Å². The topological polar surface area (TPSA) is 69.2 Å². The fraction of sp³-hybridized carbons (Fsp3) is 0.412. The van der Waals surface area contributed by atoms with Gasteiger partial charge in [-0.3, -0.25) is 9.89 Å². The Morgan fingerprint density at radius 2 is 2.13 bits per heavy atom. The van der Waals surface area contributed by atoms with Crippen molar-refractivity contribution in [3.05, 3.63) is 52.3 Å². The van der Waals surface area contributed by atoms with Crippen LogP contribution in [0.15, 0.2) is 30.3 Å². The average molecular weight is 334 g/mol. The number of aromatic nitrogens is 2. The van der Waals surface area contributed by atoms with Crippen molar-refractivity contribution in [1.29, 1.82) is 0 Å². The summed E-state index contributed by atoms with van der Waals surface area (Å²) in [6.45, 7) is 2.91. The predicted molar refractivity (Wildman–Crippen MR) is 88.3 cm³/mol. The molecule has 1 fully saturated rings. The molecule has 5 nitrogen and oxygen atoms in total. The highest BCUT2D eigenvalue weighted by molar-refractivity contribution is 6.30. The predicted octanol–water partition coefficient (Wildman–Crippen LogP) is 1.98. The molecule has 6 heteroatoms. The molecule has 23 heavy (non-hydrogen) atoms. The second-order valence-electron chi connectivity index (χ2n) is 6.18. The minimum atomic E-state index is -0.499. The smallest absolute Gasteiger partial charge is 0.227 e. The van der Waals surface area contributed by atoms with Crippen LogP contribution < -0.4 is 0 Å². The van der Waals surface area contributed by atoms with Crippen LogP contribution in [0.5, 0.6) is 0 Å². The summed E-state index contributed by atoms with van der Waals surface area (Å²) >= 11 is 5.86. The van der Waals surface area contributed by atoms with Gasteiger partial charge in [0.25, 0.3) is 0 Å². The Balaban J connectivity index is 1.58. The molecule has 1 aliphatic rings. The molecule has 1 aromatic heterocycles. The van der Waals surface area contributed by atoms with Gasteiger partial charge < -0.3 is 10.0 Å².